The average Bonchev–Trinajstić information content (AvgIpc) is 2.34. The molecule has 0 aliphatic heterocycles. The fraction of sp³-hybridized carbons (Fsp3) is 0.500. The van der Waals surface area contributed by atoms with E-state index in [0.29, 0.717) is 12.2 Å². The average molecular weight is 253 g/mol. The molecule has 0 aliphatic rings. The Morgan fingerprint density at radius 3 is 2.67 bits per heavy atom. The molecule has 1 aromatic rings. The van der Waals surface area contributed by atoms with Crippen LogP contribution in [0.1, 0.15) is 19.8 Å². The maximum absolute atomic E-state index is 10.6. The van der Waals surface area contributed by atoms with Crippen LogP contribution in [0.5, 0.6) is 0 Å². The maximum atomic E-state index is 10.6. The SMILES string of the molecule is CCCCN(CCO)c1ccc([N+](=O)[O-])cc1N. The first-order valence-electron chi connectivity index (χ1n) is 5.99. The van der Waals surface area contributed by atoms with Gasteiger partial charge in [0.1, 0.15) is 0 Å². The van der Waals surface area contributed by atoms with Crippen molar-refractivity contribution in [3.8, 4) is 0 Å². The predicted molar refractivity (Wildman–Crippen MR) is 71.7 cm³/mol. The second-order valence-corrected chi connectivity index (χ2v) is 4.06. The Labute approximate surface area is 106 Å². The summed E-state index contributed by atoms with van der Waals surface area (Å²) in [5.41, 5.74) is 6.92. The quantitative estimate of drug-likeness (QED) is 0.439. The highest BCUT2D eigenvalue weighted by Gasteiger charge is 2.13. The molecule has 0 spiro atoms. The monoisotopic (exact) mass is 253 g/mol. The number of aliphatic hydroxyl groups excluding tert-OH is 1. The third kappa shape index (κ3) is 3.59. The molecule has 0 saturated carbocycles. The molecule has 0 unspecified atom stereocenters. The molecule has 0 bridgehead atoms. The largest absolute Gasteiger partial charge is 0.397 e. The molecule has 0 atom stereocenters. The lowest BCUT2D eigenvalue weighted by Gasteiger charge is -2.25. The Kier molecular flexibility index (Phi) is 5.38. The topological polar surface area (TPSA) is 92.6 Å². The number of aliphatic hydroxyl groups is 1. The number of anilines is 2. The number of hydrogen-bond donors (Lipinski definition) is 2. The number of hydrogen-bond acceptors (Lipinski definition) is 5. The van der Waals surface area contributed by atoms with Crippen LogP contribution in [-0.2, 0) is 0 Å². The summed E-state index contributed by atoms with van der Waals surface area (Å²) in [6, 6.07) is 4.42. The van der Waals surface area contributed by atoms with Gasteiger partial charge < -0.3 is 15.7 Å². The van der Waals surface area contributed by atoms with E-state index in [-0.39, 0.29) is 12.3 Å². The molecule has 0 radical (unpaired) electrons. The van der Waals surface area contributed by atoms with E-state index in [0.717, 1.165) is 25.1 Å². The molecule has 6 nitrogen and oxygen atoms in total. The van der Waals surface area contributed by atoms with Gasteiger partial charge in [0.2, 0.25) is 0 Å². The lowest BCUT2D eigenvalue weighted by atomic mass is 10.2. The van der Waals surface area contributed by atoms with E-state index in [2.05, 4.69) is 6.92 Å². The number of non-ortho nitro benzene ring substituents is 1. The molecule has 0 fully saturated rings. The van der Waals surface area contributed by atoms with Gasteiger partial charge in [-0.15, -0.1) is 0 Å². The third-order valence-electron chi connectivity index (χ3n) is 2.71. The van der Waals surface area contributed by atoms with Crippen molar-refractivity contribution < 1.29 is 10.0 Å². The minimum absolute atomic E-state index is 0.0179. The van der Waals surface area contributed by atoms with Crippen LogP contribution < -0.4 is 10.6 Å². The minimum atomic E-state index is -0.470. The lowest BCUT2D eigenvalue weighted by Crippen LogP contribution is -2.28. The highest BCUT2D eigenvalue weighted by atomic mass is 16.6. The molecular weight excluding hydrogens is 234 g/mol. The molecule has 18 heavy (non-hydrogen) atoms. The van der Waals surface area contributed by atoms with E-state index in [1.54, 1.807) is 6.07 Å². The molecular formula is C12H19N3O3. The van der Waals surface area contributed by atoms with Crippen LogP contribution in [0.15, 0.2) is 18.2 Å². The molecule has 6 heteroatoms. The van der Waals surface area contributed by atoms with Crippen molar-refractivity contribution in [2.75, 3.05) is 30.3 Å². The van der Waals surface area contributed by atoms with Crippen LogP contribution >= 0.6 is 0 Å². The maximum Gasteiger partial charge on any atom is 0.271 e. The van der Waals surface area contributed by atoms with Gasteiger partial charge in [0.25, 0.3) is 5.69 Å². The van der Waals surface area contributed by atoms with E-state index >= 15 is 0 Å². The van der Waals surface area contributed by atoms with Gasteiger partial charge in [-0.05, 0) is 12.5 Å². The molecule has 1 aromatic carbocycles. The van der Waals surface area contributed by atoms with Crippen molar-refractivity contribution >= 4 is 17.1 Å². The smallest absolute Gasteiger partial charge is 0.271 e. The first-order valence-corrected chi connectivity index (χ1v) is 5.99. The van der Waals surface area contributed by atoms with Gasteiger partial charge in [0.05, 0.1) is 22.9 Å². The first-order chi connectivity index (χ1) is 8.60. The second-order valence-electron chi connectivity index (χ2n) is 4.06. The summed E-state index contributed by atoms with van der Waals surface area (Å²) in [6.07, 6.45) is 2.02. The number of nitro benzene ring substituents is 1. The zero-order chi connectivity index (χ0) is 13.5. The van der Waals surface area contributed by atoms with E-state index in [9.17, 15) is 10.1 Å². The summed E-state index contributed by atoms with van der Waals surface area (Å²) in [5, 5.41) is 19.7. The van der Waals surface area contributed by atoms with Crippen molar-refractivity contribution in [2.45, 2.75) is 19.8 Å². The van der Waals surface area contributed by atoms with Gasteiger partial charge in [-0.2, -0.15) is 0 Å². The highest BCUT2D eigenvalue weighted by Crippen LogP contribution is 2.27. The number of nitrogen functional groups attached to an aromatic ring is 1. The summed E-state index contributed by atoms with van der Waals surface area (Å²) in [5.74, 6) is 0. The number of unbranched alkanes of at least 4 members (excludes halogenated alkanes) is 1. The van der Waals surface area contributed by atoms with Gasteiger partial charge in [0, 0.05) is 25.2 Å². The van der Waals surface area contributed by atoms with Crippen molar-refractivity contribution in [1.82, 2.24) is 0 Å². The second kappa shape index (κ2) is 6.80. The van der Waals surface area contributed by atoms with E-state index in [1.165, 1.54) is 12.1 Å². The van der Waals surface area contributed by atoms with Crippen molar-refractivity contribution in [3.05, 3.63) is 28.3 Å². The standard InChI is InChI=1S/C12H19N3O3/c1-2-3-6-14(7-8-16)12-5-4-10(15(17)18)9-11(12)13/h4-5,9,16H,2-3,6-8,13H2,1H3. The summed E-state index contributed by atoms with van der Waals surface area (Å²) >= 11 is 0. The molecule has 100 valence electrons. The predicted octanol–water partition coefficient (Wildman–Crippen LogP) is 1.78. The lowest BCUT2D eigenvalue weighted by molar-refractivity contribution is -0.384. The first kappa shape index (κ1) is 14.2. The fourth-order valence-electron chi connectivity index (χ4n) is 1.77. The Bertz CT molecular complexity index is 410. The fourth-order valence-corrected chi connectivity index (χ4v) is 1.77. The van der Waals surface area contributed by atoms with Crippen LogP contribution in [0.2, 0.25) is 0 Å². The normalized spacial score (nSPS) is 10.3. The minimum Gasteiger partial charge on any atom is -0.397 e. The molecule has 3 N–H and O–H groups in total. The highest BCUT2D eigenvalue weighted by molar-refractivity contribution is 5.70. The van der Waals surface area contributed by atoms with Crippen molar-refractivity contribution in [1.29, 1.82) is 0 Å². The van der Waals surface area contributed by atoms with Gasteiger partial charge in [-0.3, -0.25) is 10.1 Å². The number of nitro groups is 1. The Balaban J connectivity index is 2.93. The van der Waals surface area contributed by atoms with E-state index in [1.807, 2.05) is 4.90 Å². The molecule has 0 aliphatic carbocycles. The van der Waals surface area contributed by atoms with Crippen molar-refractivity contribution in [2.24, 2.45) is 0 Å². The molecule has 0 aromatic heterocycles. The van der Waals surface area contributed by atoms with Crippen LogP contribution in [0.25, 0.3) is 0 Å². The Hall–Kier alpha value is -1.82. The van der Waals surface area contributed by atoms with Crippen molar-refractivity contribution in [3.63, 3.8) is 0 Å². The summed E-state index contributed by atoms with van der Waals surface area (Å²) in [4.78, 5) is 12.1. The zero-order valence-electron chi connectivity index (χ0n) is 10.5. The summed E-state index contributed by atoms with van der Waals surface area (Å²) < 4.78 is 0. The summed E-state index contributed by atoms with van der Waals surface area (Å²) in [6.45, 7) is 3.36. The number of nitrogens with two attached hydrogens (primary N) is 1. The molecule has 0 amide bonds. The van der Waals surface area contributed by atoms with Crippen LogP contribution in [0.4, 0.5) is 17.1 Å². The third-order valence-corrected chi connectivity index (χ3v) is 2.71. The van der Waals surface area contributed by atoms with Crippen LogP contribution in [0, 0.1) is 10.1 Å². The Morgan fingerprint density at radius 2 is 2.17 bits per heavy atom. The number of rotatable bonds is 7. The Morgan fingerprint density at radius 1 is 1.44 bits per heavy atom. The van der Waals surface area contributed by atoms with Gasteiger partial charge in [-0.25, -0.2) is 0 Å². The number of benzene rings is 1. The van der Waals surface area contributed by atoms with Gasteiger partial charge in [-0.1, -0.05) is 13.3 Å². The van der Waals surface area contributed by atoms with Crippen LogP contribution in [-0.4, -0.2) is 29.7 Å². The van der Waals surface area contributed by atoms with E-state index in [4.69, 9.17) is 10.8 Å². The van der Waals surface area contributed by atoms with E-state index < -0.39 is 4.92 Å². The molecule has 0 heterocycles. The number of nitrogens with zero attached hydrogens (tertiary/aromatic N) is 2. The van der Waals surface area contributed by atoms with Crippen LogP contribution in [0.3, 0.4) is 0 Å². The zero-order valence-corrected chi connectivity index (χ0v) is 10.5. The van der Waals surface area contributed by atoms with Gasteiger partial charge >= 0.3 is 0 Å². The van der Waals surface area contributed by atoms with Gasteiger partial charge in [0.15, 0.2) is 0 Å². The molecule has 1 rings (SSSR count). The molecule has 0 saturated heterocycles. The summed E-state index contributed by atoms with van der Waals surface area (Å²) in [7, 11) is 0.